The molecule has 4 aromatic rings. The lowest BCUT2D eigenvalue weighted by molar-refractivity contribution is -0.115. The standard InChI is InChI=1S/C25H22FN3O4/c1-15-27-20-7-5-4-6-18(20)25(31)29(15)17-9-10-19(26)21(14-17)28-24(30)13-16-8-11-22(32-2)23(12-16)33-3/h4-12,14H,13H2,1-3H3,(H,28,30). The van der Waals surface area contributed by atoms with Crippen molar-refractivity contribution >= 4 is 22.5 Å². The van der Waals surface area contributed by atoms with E-state index in [1.165, 1.54) is 37.0 Å². The van der Waals surface area contributed by atoms with Gasteiger partial charge in [0.25, 0.3) is 5.56 Å². The van der Waals surface area contributed by atoms with E-state index in [2.05, 4.69) is 10.3 Å². The second kappa shape index (κ2) is 9.12. The zero-order valence-corrected chi connectivity index (χ0v) is 18.4. The number of rotatable bonds is 6. The molecule has 0 aliphatic rings. The first kappa shape index (κ1) is 22.0. The number of ether oxygens (including phenoxy) is 2. The molecule has 0 aliphatic carbocycles. The maximum absolute atomic E-state index is 14.5. The molecule has 0 radical (unpaired) electrons. The van der Waals surface area contributed by atoms with Crippen molar-refractivity contribution in [2.45, 2.75) is 13.3 Å². The molecular formula is C25H22FN3O4. The highest BCUT2D eigenvalue weighted by atomic mass is 19.1. The SMILES string of the molecule is COc1ccc(CC(=O)Nc2cc(-n3c(C)nc4ccccc4c3=O)ccc2F)cc1OC. The summed E-state index contributed by atoms with van der Waals surface area (Å²) in [5, 5.41) is 3.04. The highest BCUT2D eigenvalue weighted by molar-refractivity contribution is 5.92. The molecule has 0 saturated carbocycles. The Bertz CT molecular complexity index is 1410. The highest BCUT2D eigenvalue weighted by Crippen LogP contribution is 2.28. The van der Waals surface area contributed by atoms with E-state index in [9.17, 15) is 14.0 Å². The molecule has 1 aromatic heterocycles. The van der Waals surface area contributed by atoms with Gasteiger partial charge in [0.2, 0.25) is 5.91 Å². The van der Waals surface area contributed by atoms with Crippen LogP contribution in [0.5, 0.6) is 11.5 Å². The van der Waals surface area contributed by atoms with Gasteiger partial charge < -0.3 is 14.8 Å². The van der Waals surface area contributed by atoms with Crippen molar-refractivity contribution in [1.29, 1.82) is 0 Å². The second-order valence-corrected chi connectivity index (χ2v) is 7.40. The van der Waals surface area contributed by atoms with Gasteiger partial charge in [-0.15, -0.1) is 0 Å². The molecule has 1 heterocycles. The lowest BCUT2D eigenvalue weighted by Crippen LogP contribution is -2.23. The van der Waals surface area contributed by atoms with Gasteiger partial charge in [0.1, 0.15) is 11.6 Å². The fourth-order valence-electron chi connectivity index (χ4n) is 3.67. The quantitative estimate of drug-likeness (QED) is 0.483. The minimum absolute atomic E-state index is 0.000524. The van der Waals surface area contributed by atoms with Crippen LogP contribution in [0, 0.1) is 12.7 Å². The molecule has 7 nitrogen and oxygen atoms in total. The van der Waals surface area contributed by atoms with E-state index in [-0.39, 0.29) is 17.7 Å². The molecule has 8 heteroatoms. The van der Waals surface area contributed by atoms with Crippen LogP contribution in [-0.2, 0) is 11.2 Å². The molecular weight excluding hydrogens is 425 g/mol. The monoisotopic (exact) mass is 447 g/mol. The molecule has 0 bridgehead atoms. The van der Waals surface area contributed by atoms with E-state index in [1.54, 1.807) is 43.3 Å². The van der Waals surface area contributed by atoms with Crippen LogP contribution in [0.25, 0.3) is 16.6 Å². The van der Waals surface area contributed by atoms with Gasteiger partial charge in [0.05, 0.1) is 42.9 Å². The van der Waals surface area contributed by atoms with E-state index in [0.29, 0.717) is 39.5 Å². The van der Waals surface area contributed by atoms with Gasteiger partial charge in [0, 0.05) is 0 Å². The number of para-hydroxylation sites is 1. The summed E-state index contributed by atoms with van der Waals surface area (Å²) in [5.74, 6) is 0.464. The van der Waals surface area contributed by atoms with Gasteiger partial charge in [-0.3, -0.25) is 14.2 Å². The van der Waals surface area contributed by atoms with Crippen LogP contribution in [0.1, 0.15) is 11.4 Å². The number of methoxy groups -OCH3 is 2. The number of hydrogen-bond donors (Lipinski definition) is 1. The summed E-state index contributed by atoms with van der Waals surface area (Å²) in [6.07, 6.45) is 0.000524. The largest absolute Gasteiger partial charge is 0.493 e. The molecule has 4 rings (SSSR count). The Morgan fingerprint density at radius 1 is 1.03 bits per heavy atom. The topological polar surface area (TPSA) is 82.5 Å². The van der Waals surface area contributed by atoms with Gasteiger partial charge in [0.15, 0.2) is 11.5 Å². The van der Waals surface area contributed by atoms with Crippen molar-refractivity contribution in [3.8, 4) is 17.2 Å². The maximum Gasteiger partial charge on any atom is 0.265 e. The van der Waals surface area contributed by atoms with Crippen molar-refractivity contribution in [3.05, 3.63) is 88.2 Å². The molecule has 33 heavy (non-hydrogen) atoms. The number of anilines is 1. The van der Waals surface area contributed by atoms with Crippen LogP contribution < -0.4 is 20.3 Å². The fraction of sp³-hybridized carbons (Fsp3) is 0.160. The molecule has 0 atom stereocenters. The molecule has 0 spiro atoms. The van der Waals surface area contributed by atoms with Crippen molar-refractivity contribution in [3.63, 3.8) is 0 Å². The number of fused-ring (bicyclic) bond motifs is 1. The number of halogens is 1. The van der Waals surface area contributed by atoms with Gasteiger partial charge in [-0.05, 0) is 55.0 Å². The Morgan fingerprint density at radius 3 is 2.55 bits per heavy atom. The third-order valence-electron chi connectivity index (χ3n) is 5.24. The number of aryl methyl sites for hydroxylation is 1. The number of benzene rings is 3. The Morgan fingerprint density at radius 2 is 1.79 bits per heavy atom. The summed E-state index contributed by atoms with van der Waals surface area (Å²) < 4.78 is 26.4. The summed E-state index contributed by atoms with van der Waals surface area (Å²) in [6, 6.07) is 16.3. The Kier molecular flexibility index (Phi) is 6.08. The van der Waals surface area contributed by atoms with Crippen molar-refractivity contribution < 1.29 is 18.7 Å². The normalized spacial score (nSPS) is 10.8. The van der Waals surface area contributed by atoms with E-state index < -0.39 is 11.7 Å². The van der Waals surface area contributed by atoms with Crippen LogP contribution >= 0.6 is 0 Å². The van der Waals surface area contributed by atoms with E-state index >= 15 is 0 Å². The first-order chi connectivity index (χ1) is 15.9. The van der Waals surface area contributed by atoms with Crippen molar-refractivity contribution in [2.75, 3.05) is 19.5 Å². The molecule has 0 fully saturated rings. The number of nitrogens with one attached hydrogen (secondary N) is 1. The average Bonchev–Trinajstić information content (AvgIpc) is 2.81. The van der Waals surface area contributed by atoms with E-state index in [0.717, 1.165) is 0 Å². The maximum atomic E-state index is 14.5. The third-order valence-corrected chi connectivity index (χ3v) is 5.24. The van der Waals surface area contributed by atoms with Gasteiger partial charge >= 0.3 is 0 Å². The Hall–Kier alpha value is -4.20. The predicted molar refractivity (Wildman–Crippen MR) is 124 cm³/mol. The number of amides is 1. The molecule has 1 N–H and O–H groups in total. The predicted octanol–water partition coefficient (Wildman–Crippen LogP) is 4.03. The zero-order chi connectivity index (χ0) is 23.5. The molecule has 0 unspecified atom stereocenters. The van der Waals surface area contributed by atoms with E-state index in [4.69, 9.17) is 9.47 Å². The van der Waals surface area contributed by atoms with Gasteiger partial charge in [-0.1, -0.05) is 18.2 Å². The Labute approximate surface area is 189 Å². The third kappa shape index (κ3) is 4.41. The van der Waals surface area contributed by atoms with Crippen molar-refractivity contribution in [2.24, 2.45) is 0 Å². The summed E-state index contributed by atoms with van der Waals surface area (Å²) in [6.45, 7) is 1.70. The summed E-state index contributed by atoms with van der Waals surface area (Å²) in [4.78, 5) is 30.1. The lowest BCUT2D eigenvalue weighted by Gasteiger charge is -2.14. The number of aromatic nitrogens is 2. The molecule has 168 valence electrons. The number of carbonyl (C=O) groups excluding carboxylic acids is 1. The van der Waals surface area contributed by atoms with Crippen LogP contribution in [0.15, 0.2) is 65.5 Å². The highest BCUT2D eigenvalue weighted by Gasteiger charge is 2.14. The second-order valence-electron chi connectivity index (χ2n) is 7.40. The number of carbonyl (C=O) groups is 1. The summed E-state index contributed by atoms with van der Waals surface area (Å²) in [7, 11) is 3.03. The number of hydrogen-bond acceptors (Lipinski definition) is 5. The van der Waals surface area contributed by atoms with Gasteiger partial charge in [-0.25, -0.2) is 9.37 Å². The zero-order valence-electron chi connectivity index (χ0n) is 18.4. The number of nitrogens with zero attached hydrogens (tertiary/aromatic N) is 2. The van der Waals surface area contributed by atoms with Gasteiger partial charge in [-0.2, -0.15) is 0 Å². The molecule has 0 saturated heterocycles. The molecule has 0 aliphatic heterocycles. The van der Waals surface area contributed by atoms with Crippen LogP contribution in [0.3, 0.4) is 0 Å². The van der Waals surface area contributed by atoms with Crippen LogP contribution in [0.4, 0.5) is 10.1 Å². The lowest BCUT2D eigenvalue weighted by atomic mass is 10.1. The first-order valence-corrected chi connectivity index (χ1v) is 10.2. The smallest absolute Gasteiger partial charge is 0.265 e. The minimum atomic E-state index is -0.612. The van der Waals surface area contributed by atoms with Crippen molar-refractivity contribution in [1.82, 2.24) is 9.55 Å². The fourth-order valence-corrected chi connectivity index (χ4v) is 3.67. The van der Waals surface area contributed by atoms with E-state index in [1.807, 2.05) is 6.07 Å². The minimum Gasteiger partial charge on any atom is -0.493 e. The first-order valence-electron chi connectivity index (χ1n) is 10.2. The van der Waals surface area contributed by atoms with Crippen LogP contribution in [0.2, 0.25) is 0 Å². The summed E-state index contributed by atoms with van der Waals surface area (Å²) >= 11 is 0. The molecule has 1 amide bonds. The molecule has 3 aromatic carbocycles. The Balaban J connectivity index is 1.63. The summed E-state index contributed by atoms with van der Waals surface area (Å²) in [5.41, 5.74) is 1.36. The average molecular weight is 447 g/mol. The van der Waals surface area contributed by atoms with Crippen LogP contribution in [-0.4, -0.2) is 29.7 Å².